The van der Waals surface area contributed by atoms with Crippen molar-refractivity contribution in [3.05, 3.63) is 59.7 Å². The van der Waals surface area contributed by atoms with Gasteiger partial charge in [0.2, 0.25) is 0 Å². The molecule has 0 saturated carbocycles. The summed E-state index contributed by atoms with van der Waals surface area (Å²) in [7, 11) is 0. The number of carbonyl (C=O) groups is 2. The molecule has 2 aromatic rings. The van der Waals surface area contributed by atoms with E-state index in [4.69, 9.17) is 4.74 Å². The molecule has 0 aliphatic rings. The third-order valence-corrected chi connectivity index (χ3v) is 4.41. The van der Waals surface area contributed by atoms with Gasteiger partial charge in [-0.05, 0) is 50.1 Å². The summed E-state index contributed by atoms with van der Waals surface area (Å²) in [6, 6.07) is 15.4. The normalized spacial score (nSPS) is 11.6. The molecule has 0 fully saturated rings. The van der Waals surface area contributed by atoms with Gasteiger partial charge in [-0.25, -0.2) is 0 Å². The Morgan fingerprint density at radius 2 is 1.83 bits per heavy atom. The second kappa shape index (κ2) is 8.55. The Labute approximate surface area is 146 Å². The van der Waals surface area contributed by atoms with E-state index in [0.717, 1.165) is 21.7 Å². The zero-order valence-corrected chi connectivity index (χ0v) is 14.9. The number of rotatable bonds is 6. The Kier molecular flexibility index (Phi) is 6.44. The Morgan fingerprint density at radius 1 is 1.12 bits per heavy atom. The van der Waals surface area contributed by atoms with Crippen LogP contribution >= 0.6 is 11.8 Å². The van der Waals surface area contributed by atoms with Gasteiger partial charge in [-0.2, -0.15) is 0 Å². The van der Waals surface area contributed by atoms with Gasteiger partial charge in [0.05, 0.1) is 5.75 Å². The molecule has 0 aromatic heterocycles. The molecule has 0 bridgehead atoms. The molecule has 0 aliphatic carbocycles. The van der Waals surface area contributed by atoms with E-state index in [1.807, 2.05) is 62.4 Å². The fourth-order valence-electron chi connectivity index (χ4n) is 2.05. The first-order valence-corrected chi connectivity index (χ1v) is 8.69. The number of anilines is 1. The molecule has 5 heteroatoms. The maximum Gasteiger partial charge on any atom is 0.317 e. The SMILES string of the molecule is Cc1ccc(C)c(NC(=O)[C@H](C)OC(=O)CSc2ccccc2)c1. The fraction of sp³-hybridized carbons (Fsp3) is 0.263. The summed E-state index contributed by atoms with van der Waals surface area (Å²) in [6.07, 6.45) is -0.839. The first-order chi connectivity index (χ1) is 11.5. The maximum atomic E-state index is 12.2. The lowest BCUT2D eigenvalue weighted by atomic mass is 10.1. The molecule has 1 atom stereocenters. The van der Waals surface area contributed by atoms with Gasteiger partial charge < -0.3 is 10.1 Å². The van der Waals surface area contributed by atoms with Crippen LogP contribution < -0.4 is 5.32 Å². The average Bonchev–Trinajstić information content (AvgIpc) is 2.57. The minimum Gasteiger partial charge on any atom is -0.452 e. The molecule has 1 amide bonds. The number of amides is 1. The number of esters is 1. The van der Waals surface area contributed by atoms with Crippen LogP contribution in [0.25, 0.3) is 0 Å². The summed E-state index contributed by atoms with van der Waals surface area (Å²) in [5.74, 6) is -0.570. The van der Waals surface area contributed by atoms with Crippen molar-refractivity contribution in [2.24, 2.45) is 0 Å². The first kappa shape index (κ1) is 18.1. The van der Waals surface area contributed by atoms with Crippen LogP contribution in [0.2, 0.25) is 0 Å². The van der Waals surface area contributed by atoms with Gasteiger partial charge in [0.25, 0.3) is 5.91 Å². The minimum absolute atomic E-state index is 0.172. The van der Waals surface area contributed by atoms with Gasteiger partial charge in [-0.1, -0.05) is 30.3 Å². The number of thioether (sulfide) groups is 1. The molecule has 24 heavy (non-hydrogen) atoms. The Bertz CT molecular complexity index is 716. The number of benzene rings is 2. The van der Waals surface area contributed by atoms with Crippen LogP contribution in [0.1, 0.15) is 18.1 Å². The van der Waals surface area contributed by atoms with Crippen molar-refractivity contribution in [2.75, 3.05) is 11.1 Å². The fourth-order valence-corrected chi connectivity index (χ4v) is 2.75. The lowest BCUT2D eigenvalue weighted by molar-refractivity contribution is -0.150. The van der Waals surface area contributed by atoms with E-state index in [1.165, 1.54) is 11.8 Å². The zero-order valence-electron chi connectivity index (χ0n) is 14.0. The Balaban J connectivity index is 1.84. The molecule has 0 saturated heterocycles. The predicted molar refractivity (Wildman–Crippen MR) is 97.3 cm³/mol. The van der Waals surface area contributed by atoms with Crippen molar-refractivity contribution >= 4 is 29.3 Å². The van der Waals surface area contributed by atoms with Crippen molar-refractivity contribution in [1.29, 1.82) is 0 Å². The molecule has 2 aromatic carbocycles. The highest BCUT2D eigenvalue weighted by Crippen LogP contribution is 2.18. The molecule has 0 aliphatic heterocycles. The molecule has 0 unspecified atom stereocenters. The van der Waals surface area contributed by atoms with E-state index in [1.54, 1.807) is 6.92 Å². The third-order valence-electron chi connectivity index (χ3n) is 3.43. The number of aryl methyl sites for hydroxylation is 2. The van der Waals surface area contributed by atoms with Gasteiger partial charge in [0, 0.05) is 10.6 Å². The molecule has 1 N–H and O–H groups in total. The van der Waals surface area contributed by atoms with E-state index in [-0.39, 0.29) is 11.7 Å². The van der Waals surface area contributed by atoms with Gasteiger partial charge in [0.15, 0.2) is 6.10 Å². The monoisotopic (exact) mass is 343 g/mol. The summed E-state index contributed by atoms with van der Waals surface area (Å²) in [5, 5.41) is 2.81. The predicted octanol–water partition coefficient (Wildman–Crippen LogP) is 3.97. The van der Waals surface area contributed by atoms with E-state index < -0.39 is 12.1 Å². The Hall–Kier alpha value is -2.27. The summed E-state index contributed by atoms with van der Waals surface area (Å²) in [4.78, 5) is 25.1. The molecule has 4 nitrogen and oxygen atoms in total. The molecular weight excluding hydrogens is 322 g/mol. The molecule has 0 spiro atoms. The van der Waals surface area contributed by atoms with Crippen LogP contribution in [0.5, 0.6) is 0 Å². The molecule has 0 heterocycles. The van der Waals surface area contributed by atoms with Gasteiger partial charge in [-0.15, -0.1) is 11.8 Å². The number of hydrogen-bond acceptors (Lipinski definition) is 4. The van der Waals surface area contributed by atoms with Crippen molar-refractivity contribution in [2.45, 2.75) is 31.8 Å². The number of hydrogen-bond donors (Lipinski definition) is 1. The van der Waals surface area contributed by atoms with Crippen molar-refractivity contribution in [3.63, 3.8) is 0 Å². The molecular formula is C19H21NO3S. The number of nitrogens with one attached hydrogen (secondary N) is 1. The van der Waals surface area contributed by atoms with Gasteiger partial charge in [-0.3, -0.25) is 9.59 Å². The molecule has 0 radical (unpaired) electrons. The van der Waals surface area contributed by atoms with Crippen LogP contribution in [0, 0.1) is 13.8 Å². The lowest BCUT2D eigenvalue weighted by Crippen LogP contribution is -2.30. The van der Waals surface area contributed by atoms with Crippen molar-refractivity contribution < 1.29 is 14.3 Å². The van der Waals surface area contributed by atoms with Crippen LogP contribution in [0.4, 0.5) is 5.69 Å². The van der Waals surface area contributed by atoms with Crippen LogP contribution in [-0.4, -0.2) is 23.7 Å². The van der Waals surface area contributed by atoms with Crippen molar-refractivity contribution in [1.82, 2.24) is 0 Å². The highest BCUT2D eigenvalue weighted by molar-refractivity contribution is 8.00. The van der Waals surface area contributed by atoms with Crippen molar-refractivity contribution in [3.8, 4) is 0 Å². The average molecular weight is 343 g/mol. The summed E-state index contributed by atoms with van der Waals surface area (Å²) >= 11 is 1.38. The van der Waals surface area contributed by atoms with Crippen LogP contribution in [0.15, 0.2) is 53.4 Å². The lowest BCUT2D eigenvalue weighted by Gasteiger charge is -2.15. The smallest absolute Gasteiger partial charge is 0.317 e. The van der Waals surface area contributed by atoms with E-state index in [0.29, 0.717) is 0 Å². The third kappa shape index (κ3) is 5.42. The largest absolute Gasteiger partial charge is 0.452 e. The van der Waals surface area contributed by atoms with Crippen LogP contribution in [-0.2, 0) is 14.3 Å². The summed E-state index contributed by atoms with van der Waals surface area (Å²) in [5.41, 5.74) is 2.76. The quantitative estimate of drug-likeness (QED) is 0.637. The standard InChI is InChI=1S/C19H21NO3S/c1-13-9-10-14(2)17(11-13)20-19(22)15(3)23-18(21)12-24-16-7-5-4-6-8-16/h4-11,15H,12H2,1-3H3,(H,20,22)/t15-/m0/s1. The van der Waals surface area contributed by atoms with Gasteiger partial charge >= 0.3 is 5.97 Å². The van der Waals surface area contributed by atoms with Crippen LogP contribution in [0.3, 0.4) is 0 Å². The topological polar surface area (TPSA) is 55.4 Å². The van der Waals surface area contributed by atoms with Gasteiger partial charge in [0.1, 0.15) is 0 Å². The number of ether oxygens (including phenoxy) is 1. The summed E-state index contributed by atoms with van der Waals surface area (Å²) in [6.45, 7) is 5.45. The second-order valence-corrected chi connectivity index (χ2v) is 6.59. The Morgan fingerprint density at radius 3 is 2.54 bits per heavy atom. The highest BCUT2D eigenvalue weighted by Gasteiger charge is 2.18. The van der Waals surface area contributed by atoms with E-state index >= 15 is 0 Å². The summed E-state index contributed by atoms with van der Waals surface area (Å²) < 4.78 is 5.20. The number of carbonyl (C=O) groups excluding carboxylic acids is 2. The second-order valence-electron chi connectivity index (χ2n) is 5.54. The van der Waals surface area contributed by atoms with E-state index in [9.17, 15) is 9.59 Å². The van der Waals surface area contributed by atoms with E-state index in [2.05, 4.69) is 5.32 Å². The highest BCUT2D eigenvalue weighted by atomic mass is 32.2. The molecule has 126 valence electrons. The molecule has 2 rings (SSSR count). The maximum absolute atomic E-state index is 12.2. The first-order valence-electron chi connectivity index (χ1n) is 7.71. The zero-order chi connectivity index (χ0) is 17.5. The minimum atomic E-state index is -0.839.